The zero-order valence-electron chi connectivity index (χ0n) is 14.1. The highest BCUT2D eigenvalue weighted by Crippen LogP contribution is 2.10. The van der Waals surface area contributed by atoms with E-state index in [1.54, 1.807) is 12.1 Å². The summed E-state index contributed by atoms with van der Waals surface area (Å²) in [5, 5.41) is 3.35. The normalized spacial score (nSPS) is 11.2. The summed E-state index contributed by atoms with van der Waals surface area (Å²) in [4.78, 5) is 11.4. The molecule has 2 aromatic rings. The average molecular weight is 325 g/mol. The number of para-hydroxylation sites is 1. The van der Waals surface area contributed by atoms with E-state index in [1.165, 1.54) is 12.7 Å². The third kappa shape index (κ3) is 5.89. The summed E-state index contributed by atoms with van der Waals surface area (Å²) in [6.07, 6.45) is 2.09. The van der Waals surface area contributed by atoms with Crippen LogP contribution in [0.5, 0.6) is 5.75 Å². The molecule has 0 spiro atoms. The second-order valence-corrected chi connectivity index (χ2v) is 5.44. The first-order valence-electron chi connectivity index (χ1n) is 7.93. The number of hydrogen-bond acceptors (Lipinski definition) is 4. The van der Waals surface area contributed by atoms with Crippen molar-refractivity contribution >= 4 is 12.0 Å². The molecule has 126 valence electrons. The van der Waals surface area contributed by atoms with Gasteiger partial charge in [0.05, 0.1) is 12.7 Å². The molecule has 0 heterocycles. The molecule has 4 nitrogen and oxygen atoms in total. The topological polar surface area (TPSA) is 47.6 Å². The van der Waals surface area contributed by atoms with Crippen molar-refractivity contribution in [3.8, 4) is 5.75 Å². The summed E-state index contributed by atoms with van der Waals surface area (Å²) in [6, 6.07) is 17.1. The standard InChI is InChI=1S/C20H23NO3/c1-16(14-17-8-10-18(11-9-17)20(22)23-2)15-21-12-13-24-19-6-4-3-5-7-19/h3-11,14,21H,12-13,15H2,1-2H3/b16-14+. The molecule has 0 saturated heterocycles. The quantitative estimate of drug-likeness (QED) is 0.596. The molecular weight excluding hydrogens is 302 g/mol. The molecule has 0 fully saturated rings. The molecule has 0 aliphatic heterocycles. The van der Waals surface area contributed by atoms with Crippen LogP contribution in [0, 0.1) is 0 Å². The van der Waals surface area contributed by atoms with Gasteiger partial charge in [-0.2, -0.15) is 0 Å². The van der Waals surface area contributed by atoms with Crippen molar-refractivity contribution in [2.24, 2.45) is 0 Å². The van der Waals surface area contributed by atoms with Crippen LogP contribution in [-0.2, 0) is 4.74 Å². The molecule has 0 amide bonds. The second-order valence-electron chi connectivity index (χ2n) is 5.44. The summed E-state index contributed by atoms with van der Waals surface area (Å²) in [6.45, 7) is 4.27. The smallest absolute Gasteiger partial charge is 0.337 e. The fourth-order valence-corrected chi connectivity index (χ4v) is 2.21. The lowest BCUT2D eigenvalue weighted by atomic mass is 10.1. The fraction of sp³-hybridized carbons (Fsp3) is 0.250. The lowest BCUT2D eigenvalue weighted by Gasteiger charge is -2.08. The molecule has 0 aliphatic carbocycles. The van der Waals surface area contributed by atoms with Crippen molar-refractivity contribution in [3.05, 3.63) is 71.3 Å². The number of esters is 1. The van der Waals surface area contributed by atoms with Gasteiger partial charge in [0.25, 0.3) is 0 Å². The van der Waals surface area contributed by atoms with Crippen molar-refractivity contribution in [3.63, 3.8) is 0 Å². The summed E-state index contributed by atoms with van der Waals surface area (Å²) in [5.74, 6) is 0.569. The maximum Gasteiger partial charge on any atom is 0.337 e. The number of benzene rings is 2. The molecule has 0 unspecified atom stereocenters. The van der Waals surface area contributed by atoms with Gasteiger partial charge in [-0.25, -0.2) is 4.79 Å². The van der Waals surface area contributed by atoms with Gasteiger partial charge in [0, 0.05) is 13.1 Å². The van der Waals surface area contributed by atoms with Crippen LogP contribution in [-0.4, -0.2) is 32.8 Å². The number of rotatable bonds is 8. The Morgan fingerprint density at radius 3 is 2.46 bits per heavy atom. The van der Waals surface area contributed by atoms with Crippen LogP contribution in [0.3, 0.4) is 0 Å². The number of carbonyl (C=O) groups excluding carboxylic acids is 1. The van der Waals surface area contributed by atoms with Gasteiger partial charge in [-0.05, 0) is 36.8 Å². The molecule has 1 N–H and O–H groups in total. The van der Waals surface area contributed by atoms with E-state index in [1.807, 2.05) is 42.5 Å². The van der Waals surface area contributed by atoms with Crippen molar-refractivity contribution < 1.29 is 14.3 Å². The molecule has 0 saturated carbocycles. The largest absolute Gasteiger partial charge is 0.492 e. The van der Waals surface area contributed by atoms with Crippen molar-refractivity contribution in [1.82, 2.24) is 5.32 Å². The Morgan fingerprint density at radius 1 is 1.08 bits per heavy atom. The van der Waals surface area contributed by atoms with E-state index in [0.717, 1.165) is 24.4 Å². The predicted octanol–water partition coefficient (Wildman–Crippen LogP) is 3.55. The maximum absolute atomic E-state index is 11.4. The van der Waals surface area contributed by atoms with Gasteiger partial charge in [-0.15, -0.1) is 0 Å². The van der Waals surface area contributed by atoms with E-state index in [0.29, 0.717) is 12.2 Å². The van der Waals surface area contributed by atoms with Crippen molar-refractivity contribution in [2.75, 3.05) is 26.8 Å². The van der Waals surface area contributed by atoms with E-state index in [4.69, 9.17) is 4.74 Å². The Balaban J connectivity index is 1.72. The predicted molar refractivity (Wildman–Crippen MR) is 96.2 cm³/mol. The van der Waals surface area contributed by atoms with Crippen molar-refractivity contribution in [1.29, 1.82) is 0 Å². The first-order valence-corrected chi connectivity index (χ1v) is 7.93. The number of carbonyl (C=O) groups is 1. The van der Waals surface area contributed by atoms with E-state index in [2.05, 4.69) is 23.1 Å². The van der Waals surface area contributed by atoms with Gasteiger partial charge >= 0.3 is 5.97 Å². The molecule has 2 rings (SSSR count). The zero-order valence-corrected chi connectivity index (χ0v) is 14.1. The molecule has 0 bridgehead atoms. The fourth-order valence-electron chi connectivity index (χ4n) is 2.21. The molecule has 0 radical (unpaired) electrons. The number of nitrogens with one attached hydrogen (secondary N) is 1. The minimum absolute atomic E-state index is 0.317. The van der Waals surface area contributed by atoms with Crippen LogP contribution in [0.2, 0.25) is 0 Å². The highest BCUT2D eigenvalue weighted by atomic mass is 16.5. The monoisotopic (exact) mass is 325 g/mol. The summed E-state index contributed by atoms with van der Waals surface area (Å²) >= 11 is 0. The molecular formula is C20H23NO3. The zero-order chi connectivity index (χ0) is 17.2. The van der Waals surface area contributed by atoms with E-state index in [9.17, 15) is 4.79 Å². The molecule has 2 aromatic carbocycles. The molecule has 24 heavy (non-hydrogen) atoms. The van der Waals surface area contributed by atoms with Crippen molar-refractivity contribution in [2.45, 2.75) is 6.92 Å². The van der Waals surface area contributed by atoms with Gasteiger partial charge in [0.1, 0.15) is 12.4 Å². The molecule has 0 aromatic heterocycles. The lowest BCUT2D eigenvalue weighted by molar-refractivity contribution is 0.0600. The maximum atomic E-state index is 11.4. The number of methoxy groups -OCH3 is 1. The second kappa shape index (κ2) is 9.53. The summed E-state index contributed by atoms with van der Waals surface area (Å²) in [7, 11) is 1.38. The first-order chi connectivity index (χ1) is 11.7. The van der Waals surface area contributed by atoms with Gasteiger partial charge < -0.3 is 14.8 Å². The number of ether oxygens (including phenoxy) is 2. The van der Waals surface area contributed by atoms with E-state index >= 15 is 0 Å². The third-order valence-corrected chi connectivity index (χ3v) is 3.44. The van der Waals surface area contributed by atoms with E-state index in [-0.39, 0.29) is 5.97 Å². The first kappa shape index (κ1) is 17.8. The van der Waals surface area contributed by atoms with Gasteiger partial charge in [0.2, 0.25) is 0 Å². The minimum Gasteiger partial charge on any atom is -0.492 e. The van der Waals surface area contributed by atoms with E-state index < -0.39 is 0 Å². The van der Waals surface area contributed by atoms with Crippen LogP contribution < -0.4 is 10.1 Å². The summed E-state index contributed by atoms with van der Waals surface area (Å²) < 4.78 is 10.3. The SMILES string of the molecule is COC(=O)c1ccc(/C=C(\C)CNCCOc2ccccc2)cc1. The molecule has 0 aliphatic rings. The number of hydrogen-bond donors (Lipinski definition) is 1. The molecule has 0 atom stereocenters. The highest BCUT2D eigenvalue weighted by molar-refractivity contribution is 5.89. The Hall–Kier alpha value is -2.59. The van der Waals surface area contributed by atoms with Crippen LogP contribution in [0.4, 0.5) is 0 Å². The van der Waals surface area contributed by atoms with Crippen LogP contribution in [0.25, 0.3) is 6.08 Å². The molecule has 4 heteroatoms. The van der Waals surface area contributed by atoms with Crippen LogP contribution in [0.1, 0.15) is 22.8 Å². The Kier molecular flexibility index (Phi) is 7.05. The third-order valence-electron chi connectivity index (χ3n) is 3.44. The Morgan fingerprint density at radius 2 is 1.79 bits per heavy atom. The lowest BCUT2D eigenvalue weighted by Crippen LogP contribution is -2.22. The van der Waals surface area contributed by atoms with Gasteiger partial charge in [-0.3, -0.25) is 0 Å². The average Bonchev–Trinajstić information content (AvgIpc) is 2.62. The van der Waals surface area contributed by atoms with Gasteiger partial charge in [-0.1, -0.05) is 42.0 Å². The Bertz CT molecular complexity index is 663. The minimum atomic E-state index is -0.317. The van der Waals surface area contributed by atoms with Gasteiger partial charge in [0.15, 0.2) is 0 Å². The highest BCUT2D eigenvalue weighted by Gasteiger charge is 2.03. The van der Waals surface area contributed by atoms with Crippen LogP contribution >= 0.6 is 0 Å². The summed E-state index contributed by atoms with van der Waals surface area (Å²) in [5.41, 5.74) is 2.83. The van der Waals surface area contributed by atoms with Crippen LogP contribution in [0.15, 0.2) is 60.2 Å². The Labute approximate surface area is 143 Å².